The van der Waals surface area contributed by atoms with Crippen molar-refractivity contribution in [1.82, 2.24) is 9.88 Å². The first kappa shape index (κ1) is 14.1. The fourth-order valence-corrected chi connectivity index (χ4v) is 3.41. The molecule has 1 fully saturated rings. The number of aromatic nitrogens is 1. The van der Waals surface area contributed by atoms with E-state index in [1.165, 1.54) is 25.7 Å². The zero-order valence-corrected chi connectivity index (χ0v) is 12.9. The molecule has 1 aromatic carbocycles. The summed E-state index contributed by atoms with van der Waals surface area (Å²) in [5.74, 6) is 0. The Kier molecular flexibility index (Phi) is 3.72. The number of anilines is 2. The van der Waals surface area contributed by atoms with Crippen LogP contribution < -0.4 is 11.1 Å². The van der Waals surface area contributed by atoms with E-state index in [1.807, 2.05) is 30.5 Å². The molecule has 3 rings (SSSR count). The Morgan fingerprint density at radius 3 is 2.71 bits per heavy atom. The quantitative estimate of drug-likeness (QED) is 0.847. The maximum absolute atomic E-state index is 6.04. The van der Waals surface area contributed by atoms with E-state index in [4.69, 9.17) is 5.73 Å². The molecule has 4 nitrogen and oxygen atoms in total. The average Bonchev–Trinajstić information content (AvgIpc) is 2.97. The number of nitrogens with zero attached hydrogens (tertiary/aromatic N) is 2. The number of nitrogens with one attached hydrogen (secondary N) is 1. The second-order valence-corrected chi connectivity index (χ2v) is 6.28. The molecule has 0 saturated heterocycles. The van der Waals surface area contributed by atoms with Gasteiger partial charge in [-0.1, -0.05) is 12.8 Å². The normalized spacial score (nSPS) is 17.5. The van der Waals surface area contributed by atoms with Crippen LogP contribution in [-0.4, -0.2) is 36.1 Å². The fourth-order valence-electron chi connectivity index (χ4n) is 3.41. The highest BCUT2D eigenvalue weighted by atomic mass is 15.2. The van der Waals surface area contributed by atoms with Crippen molar-refractivity contribution in [2.75, 3.05) is 31.7 Å². The fraction of sp³-hybridized carbons (Fsp3) is 0.471. The summed E-state index contributed by atoms with van der Waals surface area (Å²) in [5.41, 5.74) is 9.13. The minimum absolute atomic E-state index is 0.266. The van der Waals surface area contributed by atoms with Gasteiger partial charge in [-0.05, 0) is 51.2 Å². The minimum atomic E-state index is 0.266. The van der Waals surface area contributed by atoms with Gasteiger partial charge in [0.25, 0.3) is 0 Å². The Balaban J connectivity index is 1.87. The van der Waals surface area contributed by atoms with E-state index in [0.29, 0.717) is 0 Å². The molecule has 0 spiro atoms. The maximum atomic E-state index is 6.04. The van der Waals surface area contributed by atoms with E-state index in [0.717, 1.165) is 28.8 Å². The SMILES string of the molecule is CN(C)C1(CNc2ccc(N)c3cccnc23)CCCC1. The van der Waals surface area contributed by atoms with Gasteiger partial charge in [0.2, 0.25) is 0 Å². The molecule has 1 aliphatic carbocycles. The number of hydrogen-bond acceptors (Lipinski definition) is 4. The molecular formula is C17H24N4. The van der Waals surface area contributed by atoms with Crippen molar-refractivity contribution in [3.63, 3.8) is 0 Å². The average molecular weight is 284 g/mol. The molecule has 0 bridgehead atoms. The Morgan fingerprint density at radius 2 is 2.00 bits per heavy atom. The van der Waals surface area contributed by atoms with Gasteiger partial charge in [0.15, 0.2) is 0 Å². The number of likely N-dealkylation sites (N-methyl/N-ethyl adjacent to an activating group) is 1. The van der Waals surface area contributed by atoms with Gasteiger partial charge in [-0.25, -0.2) is 0 Å². The van der Waals surface area contributed by atoms with E-state index in [1.54, 1.807) is 0 Å². The monoisotopic (exact) mass is 284 g/mol. The number of nitrogen functional groups attached to an aromatic ring is 1. The first-order valence-corrected chi connectivity index (χ1v) is 7.67. The summed E-state index contributed by atoms with van der Waals surface area (Å²) in [4.78, 5) is 6.87. The number of fused-ring (bicyclic) bond motifs is 1. The van der Waals surface area contributed by atoms with Crippen molar-refractivity contribution in [1.29, 1.82) is 0 Å². The molecule has 112 valence electrons. The Morgan fingerprint density at radius 1 is 1.24 bits per heavy atom. The molecule has 1 aliphatic rings. The summed E-state index contributed by atoms with van der Waals surface area (Å²) in [6, 6.07) is 7.97. The molecule has 21 heavy (non-hydrogen) atoms. The minimum Gasteiger partial charge on any atom is -0.398 e. The van der Waals surface area contributed by atoms with Crippen LogP contribution in [0.5, 0.6) is 0 Å². The standard InChI is InChI=1S/C17H24N4/c1-21(2)17(9-3-4-10-17)12-20-15-8-7-14(18)13-6-5-11-19-16(13)15/h5-8,11,20H,3-4,9-10,12,18H2,1-2H3. The molecule has 1 saturated carbocycles. The largest absolute Gasteiger partial charge is 0.398 e. The molecular weight excluding hydrogens is 260 g/mol. The molecule has 0 amide bonds. The molecule has 3 N–H and O–H groups in total. The number of hydrogen-bond donors (Lipinski definition) is 2. The molecule has 0 aliphatic heterocycles. The smallest absolute Gasteiger partial charge is 0.0953 e. The highest BCUT2D eigenvalue weighted by Gasteiger charge is 2.35. The summed E-state index contributed by atoms with van der Waals surface area (Å²) in [6.07, 6.45) is 6.98. The zero-order chi connectivity index (χ0) is 14.9. The lowest BCUT2D eigenvalue weighted by Crippen LogP contribution is -2.47. The summed E-state index contributed by atoms with van der Waals surface area (Å²) in [6.45, 7) is 0.954. The third-order valence-corrected chi connectivity index (χ3v) is 4.89. The summed E-state index contributed by atoms with van der Waals surface area (Å²) in [5, 5.41) is 4.64. The van der Waals surface area contributed by atoms with Crippen LogP contribution >= 0.6 is 0 Å². The predicted molar refractivity (Wildman–Crippen MR) is 89.5 cm³/mol. The van der Waals surface area contributed by atoms with E-state index >= 15 is 0 Å². The van der Waals surface area contributed by atoms with Crippen LogP contribution in [0.15, 0.2) is 30.5 Å². The van der Waals surface area contributed by atoms with E-state index in [2.05, 4.69) is 29.3 Å². The van der Waals surface area contributed by atoms with Crippen molar-refractivity contribution >= 4 is 22.3 Å². The number of nitrogens with two attached hydrogens (primary N) is 1. The van der Waals surface area contributed by atoms with Crippen molar-refractivity contribution in [2.45, 2.75) is 31.2 Å². The van der Waals surface area contributed by atoms with Crippen LogP contribution in [0, 0.1) is 0 Å². The van der Waals surface area contributed by atoms with Crippen LogP contribution in [0.1, 0.15) is 25.7 Å². The molecule has 1 heterocycles. The van der Waals surface area contributed by atoms with Crippen molar-refractivity contribution in [2.24, 2.45) is 0 Å². The number of benzene rings is 1. The Hall–Kier alpha value is -1.81. The molecule has 0 radical (unpaired) electrons. The number of rotatable bonds is 4. The summed E-state index contributed by atoms with van der Waals surface area (Å²) in [7, 11) is 4.37. The first-order chi connectivity index (χ1) is 10.1. The summed E-state index contributed by atoms with van der Waals surface area (Å²) >= 11 is 0. The van der Waals surface area contributed by atoms with Crippen molar-refractivity contribution in [3.05, 3.63) is 30.5 Å². The molecule has 1 aromatic heterocycles. The second kappa shape index (κ2) is 5.53. The van der Waals surface area contributed by atoms with Crippen molar-refractivity contribution < 1.29 is 0 Å². The topological polar surface area (TPSA) is 54.2 Å². The molecule has 0 unspecified atom stereocenters. The van der Waals surface area contributed by atoms with Crippen LogP contribution in [-0.2, 0) is 0 Å². The second-order valence-electron chi connectivity index (χ2n) is 6.28. The third kappa shape index (κ3) is 2.56. The number of pyridine rings is 1. The van der Waals surface area contributed by atoms with Gasteiger partial charge in [0, 0.05) is 29.4 Å². The van der Waals surface area contributed by atoms with Gasteiger partial charge in [-0.2, -0.15) is 0 Å². The predicted octanol–water partition coefficient (Wildman–Crippen LogP) is 3.10. The Labute approximate surface area is 126 Å². The van der Waals surface area contributed by atoms with Crippen LogP contribution in [0.25, 0.3) is 10.9 Å². The van der Waals surface area contributed by atoms with Gasteiger partial charge < -0.3 is 16.0 Å². The van der Waals surface area contributed by atoms with Gasteiger partial charge in [0.1, 0.15) is 0 Å². The van der Waals surface area contributed by atoms with E-state index in [-0.39, 0.29) is 5.54 Å². The first-order valence-electron chi connectivity index (χ1n) is 7.67. The molecule has 4 heteroatoms. The highest BCUT2D eigenvalue weighted by molar-refractivity contribution is 5.98. The van der Waals surface area contributed by atoms with Gasteiger partial charge >= 0.3 is 0 Å². The lowest BCUT2D eigenvalue weighted by molar-refractivity contribution is 0.172. The van der Waals surface area contributed by atoms with E-state index < -0.39 is 0 Å². The maximum Gasteiger partial charge on any atom is 0.0953 e. The van der Waals surface area contributed by atoms with Crippen LogP contribution in [0.2, 0.25) is 0 Å². The van der Waals surface area contributed by atoms with Crippen LogP contribution in [0.3, 0.4) is 0 Å². The summed E-state index contributed by atoms with van der Waals surface area (Å²) < 4.78 is 0. The molecule has 0 atom stereocenters. The van der Waals surface area contributed by atoms with Crippen molar-refractivity contribution in [3.8, 4) is 0 Å². The van der Waals surface area contributed by atoms with Gasteiger partial charge in [-0.3, -0.25) is 4.98 Å². The zero-order valence-electron chi connectivity index (χ0n) is 12.9. The Bertz CT molecular complexity index is 630. The highest BCUT2D eigenvalue weighted by Crippen LogP contribution is 2.35. The van der Waals surface area contributed by atoms with Crippen LogP contribution in [0.4, 0.5) is 11.4 Å². The third-order valence-electron chi connectivity index (χ3n) is 4.89. The lowest BCUT2D eigenvalue weighted by Gasteiger charge is -2.37. The molecule has 2 aromatic rings. The van der Waals surface area contributed by atoms with Gasteiger partial charge in [0.05, 0.1) is 11.2 Å². The van der Waals surface area contributed by atoms with E-state index in [9.17, 15) is 0 Å². The van der Waals surface area contributed by atoms with Gasteiger partial charge in [-0.15, -0.1) is 0 Å². The lowest BCUT2D eigenvalue weighted by atomic mass is 9.96.